The second-order valence-electron chi connectivity index (χ2n) is 4.80. The van der Waals surface area contributed by atoms with Crippen LogP contribution in [0.5, 0.6) is 0 Å². The smallest absolute Gasteiger partial charge is 0.0525 e. The molecule has 2 heteroatoms. The molecule has 0 aliphatic heterocycles. The van der Waals surface area contributed by atoms with Crippen LogP contribution in [0, 0.1) is 0 Å². The molecule has 0 atom stereocenters. The Morgan fingerprint density at radius 2 is 1.25 bits per heavy atom. The van der Waals surface area contributed by atoms with Crippen molar-refractivity contribution in [1.82, 2.24) is 9.97 Å². The van der Waals surface area contributed by atoms with Crippen LogP contribution < -0.4 is 0 Å². The molecule has 2 aromatic rings. The first-order chi connectivity index (χ1) is 7.61. The van der Waals surface area contributed by atoms with Crippen molar-refractivity contribution in [2.24, 2.45) is 0 Å². The lowest BCUT2D eigenvalue weighted by Gasteiger charge is -2.14. The first-order valence-corrected chi connectivity index (χ1v) is 5.84. The van der Waals surface area contributed by atoms with Gasteiger partial charge in [-0.15, -0.1) is 0 Å². The van der Waals surface area contributed by atoms with E-state index in [4.69, 9.17) is 0 Å². The molecule has 0 radical (unpaired) electrons. The molecule has 0 N–H and O–H groups in total. The van der Waals surface area contributed by atoms with E-state index in [-0.39, 0.29) is 0 Å². The average molecular weight is 214 g/mol. The minimum Gasteiger partial charge on any atom is -0.260 e. The van der Waals surface area contributed by atoms with Crippen LogP contribution in [0.2, 0.25) is 0 Å². The lowest BCUT2D eigenvalue weighted by atomic mass is 9.97. The van der Waals surface area contributed by atoms with Gasteiger partial charge in [-0.3, -0.25) is 9.97 Å². The minimum atomic E-state index is 0.436. The summed E-state index contributed by atoms with van der Waals surface area (Å²) in [4.78, 5) is 9.02. The Morgan fingerprint density at radius 1 is 0.812 bits per heavy atom. The van der Waals surface area contributed by atoms with Gasteiger partial charge in [0.25, 0.3) is 0 Å². The van der Waals surface area contributed by atoms with E-state index in [2.05, 4.69) is 49.8 Å². The van der Waals surface area contributed by atoms with E-state index in [0.29, 0.717) is 11.8 Å². The summed E-state index contributed by atoms with van der Waals surface area (Å²) in [5.41, 5.74) is 2.32. The predicted molar refractivity (Wildman–Crippen MR) is 67.7 cm³/mol. The maximum atomic E-state index is 4.51. The van der Waals surface area contributed by atoms with Crippen molar-refractivity contribution in [2.45, 2.75) is 39.5 Å². The zero-order chi connectivity index (χ0) is 11.7. The summed E-state index contributed by atoms with van der Waals surface area (Å²) in [6.45, 7) is 8.72. The second-order valence-corrected chi connectivity index (χ2v) is 4.80. The van der Waals surface area contributed by atoms with Crippen LogP contribution in [0.15, 0.2) is 24.5 Å². The highest BCUT2D eigenvalue weighted by molar-refractivity contribution is 5.87. The lowest BCUT2D eigenvalue weighted by Crippen LogP contribution is -2.00. The normalized spacial score (nSPS) is 11.6. The third-order valence-corrected chi connectivity index (χ3v) is 2.83. The van der Waals surface area contributed by atoms with Crippen LogP contribution >= 0.6 is 0 Å². The Balaban J connectivity index is 2.82. The van der Waals surface area contributed by atoms with E-state index in [1.807, 2.05) is 12.4 Å². The molecule has 2 nitrogen and oxygen atoms in total. The minimum absolute atomic E-state index is 0.436. The van der Waals surface area contributed by atoms with Crippen molar-refractivity contribution in [3.05, 3.63) is 35.9 Å². The fourth-order valence-electron chi connectivity index (χ4n) is 2.05. The molecule has 2 aromatic heterocycles. The van der Waals surface area contributed by atoms with Gasteiger partial charge in [-0.25, -0.2) is 0 Å². The van der Waals surface area contributed by atoms with Gasteiger partial charge in [0, 0.05) is 17.8 Å². The molecule has 16 heavy (non-hydrogen) atoms. The van der Waals surface area contributed by atoms with E-state index in [9.17, 15) is 0 Å². The quantitative estimate of drug-likeness (QED) is 0.758. The molecule has 0 saturated heterocycles. The highest BCUT2D eigenvalue weighted by Crippen LogP contribution is 2.28. The molecule has 2 rings (SSSR count). The molecule has 0 unspecified atom stereocenters. The monoisotopic (exact) mass is 214 g/mol. The summed E-state index contributed by atoms with van der Waals surface area (Å²) in [7, 11) is 0. The van der Waals surface area contributed by atoms with Gasteiger partial charge in [-0.1, -0.05) is 27.7 Å². The van der Waals surface area contributed by atoms with Crippen LogP contribution in [0.25, 0.3) is 10.8 Å². The van der Waals surface area contributed by atoms with Crippen LogP contribution in [-0.2, 0) is 0 Å². The van der Waals surface area contributed by atoms with E-state index in [1.54, 1.807) is 0 Å². The second kappa shape index (κ2) is 4.20. The zero-order valence-corrected chi connectivity index (χ0v) is 10.4. The number of aromatic nitrogens is 2. The van der Waals surface area contributed by atoms with Gasteiger partial charge in [0.1, 0.15) is 0 Å². The molecule has 0 aliphatic rings. The van der Waals surface area contributed by atoms with Crippen LogP contribution in [0.1, 0.15) is 50.9 Å². The molecular formula is C14H18N2. The van der Waals surface area contributed by atoms with Crippen molar-refractivity contribution in [2.75, 3.05) is 0 Å². The van der Waals surface area contributed by atoms with Crippen LogP contribution in [-0.4, -0.2) is 9.97 Å². The molecule has 0 fully saturated rings. The van der Waals surface area contributed by atoms with Crippen LogP contribution in [0.4, 0.5) is 0 Å². The first-order valence-electron chi connectivity index (χ1n) is 5.84. The highest BCUT2D eigenvalue weighted by Gasteiger charge is 2.13. The Morgan fingerprint density at radius 3 is 1.62 bits per heavy atom. The van der Waals surface area contributed by atoms with Crippen molar-refractivity contribution >= 4 is 10.8 Å². The summed E-state index contributed by atoms with van der Waals surface area (Å²) in [5, 5.41) is 2.49. The fraction of sp³-hybridized carbons (Fsp3) is 0.429. The van der Waals surface area contributed by atoms with Crippen molar-refractivity contribution < 1.29 is 0 Å². The number of nitrogens with zero attached hydrogens (tertiary/aromatic N) is 2. The van der Waals surface area contributed by atoms with E-state index < -0.39 is 0 Å². The molecule has 0 amide bonds. The van der Waals surface area contributed by atoms with Gasteiger partial charge in [-0.2, -0.15) is 0 Å². The van der Waals surface area contributed by atoms with Crippen molar-refractivity contribution in [3.8, 4) is 0 Å². The molecule has 84 valence electrons. The van der Waals surface area contributed by atoms with E-state index >= 15 is 0 Å². The number of fused-ring (bicyclic) bond motifs is 1. The lowest BCUT2D eigenvalue weighted by molar-refractivity contribution is 0.807. The molecule has 0 saturated carbocycles. The zero-order valence-electron chi connectivity index (χ0n) is 10.4. The Hall–Kier alpha value is -1.44. The van der Waals surface area contributed by atoms with Crippen molar-refractivity contribution in [1.29, 1.82) is 0 Å². The maximum Gasteiger partial charge on any atom is 0.0525 e. The van der Waals surface area contributed by atoms with Gasteiger partial charge in [0.05, 0.1) is 11.4 Å². The summed E-state index contributed by atoms with van der Waals surface area (Å²) < 4.78 is 0. The third-order valence-electron chi connectivity index (χ3n) is 2.83. The van der Waals surface area contributed by atoms with Crippen LogP contribution in [0.3, 0.4) is 0 Å². The summed E-state index contributed by atoms with van der Waals surface area (Å²) in [6.07, 6.45) is 3.78. The molecule has 0 bridgehead atoms. The third kappa shape index (κ3) is 1.80. The molecular weight excluding hydrogens is 196 g/mol. The Bertz CT molecular complexity index is 458. The summed E-state index contributed by atoms with van der Waals surface area (Å²) in [5.74, 6) is 0.871. The first kappa shape index (κ1) is 11.1. The van der Waals surface area contributed by atoms with Gasteiger partial charge in [0.2, 0.25) is 0 Å². The highest BCUT2D eigenvalue weighted by atomic mass is 14.7. The predicted octanol–water partition coefficient (Wildman–Crippen LogP) is 3.88. The SMILES string of the molecule is CC(C)c1nccc2ccnc(C(C)C)c12. The average Bonchev–Trinajstić information content (AvgIpc) is 2.27. The van der Waals surface area contributed by atoms with Crippen molar-refractivity contribution in [3.63, 3.8) is 0 Å². The molecule has 0 aliphatic carbocycles. The largest absolute Gasteiger partial charge is 0.260 e. The summed E-state index contributed by atoms with van der Waals surface area (Å²) in [6, 6.07) is 4.13. The molecule has 0 aromatic carbocycles. The van der Waals surface area contributed by atoms with Gasteiger partial charge in [0.15, 0.2) is 0 Å². The number of rotatable bonds is 2. The fourth-order valence-corrected chi connectivity index (χ4v) is 2.05. The number of hydrogen-bond donors (Lipinski definition) is 0. The van der Waals surface area contributed by atoms with E-state index in [1.165, 1.54) is 10.8 Å². The maximum absolute atomic E-state index is 4.51. The van der Waals surface area contributed by atoms with Gasteiger partial charge in [-0.05, 0) is 29.4 Å². The number of hydrogen-bond acceptors (Lipinski definition) is 2. The van der Waals surface area contributed by atoms with Gasteiger partial charge < -0.3 is 0 Å². The molecule has 2 heterocycles. The topological polar surface area (TPSA) is 25.8 Å². The number of pyridine rings is 2. The summed E-state index contributed by atoms with van der Waals surface area (Å²) >= 11 is 0. The Kier molecular flexibility index (Phi) is 2.90. The van der Waals surface area contributed by atoms with Gasteiger partial charge >= 0.3 is 0 Å². The van der Waals surface area contributed by atoms with E-state index in [0.717, 1.165) is 11.4 Å². The molecule has 0 spiro atoms. The Labute approximate surface area is 96.7 Å². The standard InChI is InChI=1S/C14H18N2/c1-9(2)13-12-11(5-7-15-13)6-8-16-14(12)10(3)4/h5-10H,1-4H3.